The number of ether oxygens (including phenoxy) is 1. The van der Waals surface area contributed by atoms with Crippen LogP contribution >= 0.6 is 0 Å². The number of rotatable bonds is 6. The number of fused-ring (bicyclic) bond motifs is 1. The number of para-hydroxylation sites is 1. The summed E-state index contributed by atoms with van der Waals surface area (Å²) in [5, 5.41) is 22.1. The third kappa shape index (κ3) is 4.27. The predicted octanol–water partition coefficient (Wildman–Crippen LogP) is 3.93. The average Bonchev–Trinajstić information content (AvgIpc) is 3.04. The highest BCUT2D eigenvalue weighted by molar-refractivity contribution is 6.39. The Morgan fingerprint density at radius 1 is 1.10 bits per heavy atom. The molecule has 1 aliphatic rings. The van der Waals surface area contributed by atoms with Crippen LogP contribution in [0.25, 0.3) is 5.57 Å². The summed E-state index contributed by atoms with van der Waals surface area (Å²) in [4.78, 5) is 47.2. The molecule has 2 aromatic carbocycles. The van der Waals surface area contributed by atoms with Crippen molar-refractivity contribution >= 4 is 28.9 Å². The van der Waals surface area contributed by atoms with Crippen molar-refractivity contribution in [3.63, 3.8) is 0 Å². The van der Waals surface area contributed by atoms with E-state index >= 15 is 0 Å². The molecule has 0 aliphatic carbocycles. The molecule has 0 unspecified atom stereocenters. The molecule has 0 saturated heterocycles. The Morgan fingerprint density at radius 2 is 1.74 bits per heavy atom. The van der Waals surface area contributed by atoms with Gasteiger partial charge in [-0.05, 0) is 25.0 Å². The quantitative estimate of drug-likeness (QED) is 0.389. The number of allylic oxidation sites excluding steroid dienone is 1. The first kappa shape index (κ1) is 21.6. The van der Waals surface area contributed by atoms with Gasteiger partial charge < -0.3 is 4.74 Å². The Kier molecular flexibility index (Phi) is 6.10. The SMILES string of the molecule is COC(=O)N1C(=O)/C(=C(/C)C[C@@H](C[N+](=O)[O-])c2ccc([N+](=O)[O-])cc2)c2ccccc21. The second-order valence-electron chi connectivity index (χ2n) is 7.05. The molecule has 0 saturated carbocycles. The standard InChI is InChI=1S/C21H19N3O7/c1-13(11-15(12-22(27)28)14-7-9-16(10-8-14)24(29)30)19-17-5-3-4-6-18(17)23(20(19)25)21(26)31-2/h3-10,15H,11-12H2,1-2H3/b19-13-/t15-/m0/s1. The van der Waals surface area contributed by atoms with Gasteiger partial charge in [-0.15, -0.1) is 0 Å². The molecular weight excluding hydrogens is 406 g/mol. The van der Waals surface area contributed by atoms with Crippen LogP contribution in [0.15, 0.2) is 54.1 Å². The van der Waals surface area contributed by atoms with Crippen molar-refractivity contribution in [2.24, 2.45) is 0 Å². The maximum atomic E-state index is 13.0. The Morgan fingerprint density at radius 3 is 2.32 bits per heavy atom. The average molecular weight is 425 g/mol. The number of amides is 2. The molecule has 10 heteroatoms. The number of benzene rings is 2. The lowest BCUT2D eigenvalue weighted by Crippen LogP contribution is -2.33. The number of nitro benzene ring substituents is 1. The molecule has 1 heterocycles. The fourth-order valence-corrected chi connectivity index (χ4v) is 3.71. The number of methoxy groups -OCH3 is 1. The van der Waals surface area contributed by atoms with E-state index in [-0.39, 0.29) is 17.7 Å². The van der Waals surface area contributed by atoms with Gasteiger partial charge in [0.15, 0.2) is 0 Å². The summed E-state index contributed by atoms with van der Waals surface area (Å²) in [5.74, 6) is -1.18. The zero-order chi connectivity index (χ0) is 22.7. The topological polar surface area (TPSA) is 133 Å². The van der Waals surface area contributed by atoms with Crippen LogP contribution in [0.1, 0.15) is 30.4 Å². The molecule has 0 fully saturated rings. The third-order valence-electron chi connectivity index (χ3n) is 5.11. The van der Waals surface area contributed by atoms with E-state index in [2.05, 4.69) is 0 Å². The highest BCUT2D eigenvalue weighted by atomic mass is 16.6. The van der Waals surface area contributed by atoms with Crippen LogP contribution in [0, 0.1) is 20.2 Å². The Hall–Kier alpha value is -4.08. The molecule has 31 heavy (non-hydrogen) atoms. The number of carbonyl (C=O) groups is 2. The number of anilines is 1. The maximum absolute atomic E-state index is 13.0. The highest BCUT2D eigenvalue weighted by Crippen LogP contribution is 2.40. The van der Waals surface area contributed by atoms with E-state index in [1.54, 1.807) is 31.2 Å². The first-order chi connectivity index (χ1) is 14.7. The molecule has 1 atom stereocenters. The molecule has 0 radical (unpaired) electrons. The minimum absolute atomic E-state index is 0.118. The van der Waals surface area contributed by atoms with Crippen LogP contribution in [-0.2, 0) is 9.53 Å². The monoisotopic (exact) mass is 425 g/mol. The number of nitro groups is 2. The van der Waals surface area contributed by atoms with Gasteiger partial charge in [-0.3, -0.25) is 25.0 Å². The smallest absolute Gasteiger partial charge is 0.421 e. The molecule has 0 spiro atoms. The summed E-state index contributed by atoms with van der Waals surface area (Å²) in [6.45, 7) is 1.27. The molecule has 2 aromatic rings. The van der Waals surface area contributed by atoms with Gasteiger partial charge in [-0.25, -0.2) is 9.69 Å². The maximum Gasteiger partial charge on any atom is 0.421 e. The van der Waals surface area contributed by atoms with E-state index in [0.29, 0.717) is 22.4 Å². The lowest BCUT2D eigenvalue weighted by atomic mass is 9.89. The van der Waals surface area contributed by atoms with Crippen molar-refractivity contribution in [2.75, 3.05) is 18.6 Å². The van der Waals surface area contributed by atoms with E-state index in [1.165, 1.54) is 31.4 Å². The summed E-state index contributed by atoms with van der Waals surface area (Å²) in [5.41, 5.74) is 2.21. The lowest BCUT2D eigenvalue weighted by Gasteiger charge is -2.16. The first-order valence-electron chi connectivity index (χ1n) is 9.32. The summed E-state index contributed by atoms with van der Waals surface area (Å²) in [6, 6.07) is 12.3. The number of imide groups is 1. The zero-order valence-electron chi connectivity index (χ0n) is 16.8. The third-order valence-corrected chi connectivity index (χ3v) is 5.11. The fraction of sp³-hybridized carbons (Fsp3) is 0.238. The van der Waals surface area contributed by atoms with Gasteiger partial charge in [0.2, 0.25) is 6.54 Å². The van der Waals surface area contributed by atoms with Crippen molar-refractivity contribution in [2.45, 2.75) is 19.3 Å². The van der Waals surface area contributed by atoms with Crippen LogP contribution in [0.2, 0.25) is 0 Å². The summed E-state index contributed by atoms with van der Waals surface area (Å²) in [6.07, 6.45) is -0.666. The molecule has 0 aromatic heterocycles. The predicted molar refractivity (Wildman–Crippen MR) is 111 cm³/mol. The summed E-state index contributed by atoms with van der Waals surface area (Å²) >= 11 is 0. The number of hydrogen-bond donors (Lipinski definition) is 0. The van der Waals surface area contributed by atoms with E-state index in [9.17, 15) is 29.8 Å². The second-order valence-corrected chi connectivity index (χ2v) is 7.05. The van der Waals surface area contributed by atoms with Gasteiger partial charge in [-0.2, -0.15) is 0 Å². The molecule has 3 rings (SSSR count). The fourth-order valence-electron chi connectivity index (χ4n) is 3.71. The largest absolute Gasteiger partial charge is 0.452 e. The molecule has 1 aliphatic heterocycles. The first-order valence-corrected chi connectivity index (χ1v) is 9.32. The molecule has 160 valence electrons. The Labute approximate surface area is 177 Å². The van der Waals surface area contributed by atoms with Crippen molar-refractivity contribution in [3.8, 4) is 0 Å². The van der Waals surface area contributed by atoms with Crippen molar-refractivity contribution < 1.29 is 24.2 Å². The number of hydrogen-bond acceptors (Lipinski definition) is 7. The highest BCUT2D eigenvalue weighted by Gasteiger charge is 2.38. The van der Waals surface area contributed by atoms with Crippen molar-refractivity contribution in [1.82, 2.24) is 0 Å². The Balaban J connectivity index is 2.01. The van der Waals surface area contributed by atoms with Gasteiger partial charge >= 0.3 is 6.09 Å². The molecule has 0 N–H and O–H groups in total. The van der Waals surface area contributed by atoms with Gasteiger partial charge in [-0.1, -0.05) is 35.9 Å². The molecule has 0 bridgehead atoms. The van der Waals surface area contributed by atoms with Crippen LogP contribution in [0.4, 0.5) is 16.2 Å². The van der Waals surface area contributed by atoms with Crippen molar-refractivity contribution in [3.05, 3.63) is 85.5 Å². The van der Waals surface area contributed by atoms with Gasteiger partial charge in [0.1, 0.15) is 0 Å². The minimum Gasteiger partial charge on any atom is -0.452 e. The Bertz CT molecular complexity index is 1090. The lowest BCUT2D eigenvalue weighted by molar-refractivity contribution is -0.483. The second kappa shape index (κ2) is 8.74. The van der Waals surface area contributed by atoms with Crippen LogP contribution in [0.3, 0.4) is 0 Å². The van der Waals surface area contributed by atoms with E-state index in [1.807, 2.05) is 0 Å². The zero-order valence-corrected chi connectivity index (χ0v) is 16.8. The van der Waals surface area contributed by atoms with Gasteiger partial charge in [0.05, 0.1) is 23.6 Å². The number of non-ortho nitro benzene ring substituents is 1. The number of nitrogens with zero attached hydrogens (tertiary/aromatic N) is 3. The minimum atomic E-state index is -0.822. The van der Waals surface area contributed by atoms with Gasteiger partial charge in [0.25, 0.3) is 11.6 Å². The van der Waals surface area contributed by atoms with E-state index < -0.39 is 34.3 Å². The molecule has 10 nitrogen and oxygen atoms in total. The van der Waals surface area contributed by atoms with E-state index in [4.69, 9.17) is 4.74 Å². The van der Waals surface area contributed by atoms with Crippen molar-refractivity contribution in [1.29, 1.82) is 0 Å². The van der Waals surface area contributed by atoms with Crippen LogP contribution in [0.5, 0.6) is 0 Å². The van der Waals surface area contributed by atoms with E-state index in [0.717, 1.165) is 4.90 Å². The molecular formula is C21H19N3O7. The summed E-state index contributed by atoms with van der Waals surface area (Å²) < 4.78 is 4.72. The normalized spacial score (nSPS) is 15.3. The van der Waals surface area contributed by atoms with Crippen LogP contribution in [-0.4, -0.2) is 35.5 Å². The molecule has 2 amide bonds. The van der Waals surface area contributed by atoms with Crippen LogP contribution < -0.4 is 4.90 Å². The van der Waals surface area contributed by atoms with Gasteiger partial charge in [0, 0.05) is 28.2 Å². The number of carbonyl (C=O) groups excluding carboxylic acids is 2. The summed E-state index contributed by atoms with van der Waals surface area (Å²) in [7, 11) is 1.18.